The summed E-state index contributed by atoms with van der Waals surface area (Å²) in [6, 6.07) is 6.69. The van der Waals surface area contributed by atoms with Crippen molar-refractivity contribution < 1.29 is 14.7 Å². The predicted molar refractivity (Wildman–Crippen MR) is 67.5 cm³/mol. The zero-order valence-corrected chi connectivity index (χ0v) is 10.2. The van der Waals surface area contributed by atoms with Crippen LogP contribution in [0.3, 0.4) is 0 Å². The van der Waals surface area contributed by atoms with E-state index in [-0.39, 0.29) is 22.8 Å². The van der Waals surface area contributed by atoms with Crippen LogP contribution in [0.25, 0.3) is 0 Å². The molecule has 2 N–H and O–H groups in total. The van der Waals surface area contributed by atoms with Gasteiger partial charge in [-0.15, -0.1) is 0 Å². The molecule has 1 aromatic carbocycles. The lowest BCUT2D eigenvalue weighted by atomic mass is 9.87. The van der Waals surface area contributed by atoms with Crippen molar-refractivity contribution >= 4 is 11.6 Å². The molecule has 1 aliphatic carbocycles. The van der Waals surface area contributed by atoms with Crippen molar-refractivity contribution in [3.8, 4) is 0 Å². The van der Waals surface area contributed by atoms with Gasteiger partial charge in [-0.3, -0.25) is 9.59 Å². The maximum Gasteiger partial charge on any atom is 0.210 e. The summed E-state index contributed by atoms with van der Waals surface area (Å²) in [6.07, 6.45) is 0.839. The summed E-state index contributed by atoms with van der Waals surface area (Å²) < 4.78 is 0. The Morgan fingerprint density at radius 2 is 1.72 bits per heavy atom. The van der Waals surface area contributed by atoms with Gasteiger partial charge in [-0.1, -0.05) is 31.2 Å². The molecule has 0 amide bonds. The van der Waals surface area contributed by atoms with E-state index >= 15 is 0 Å². The lowest BCUT2D eigenvalue weighted by molar-refractivity contribution is 0.0956. The van der Waals surface area contributed by atoms with Crippen LogP contribution in [-0.2, 0) is 0 Å². The Labute approximate surface area is 105 Å². The largest absolute Gasteiger partial charge is 0.391 e. The Morgan fingerprint density at radius 1 is 1.11 bits per heavy atom. The summed E-state index contributed by atoms with van der Waals surface area (Å²) in [5.41, 5.74) is 1.17. The van der Waals surface area contributed by atoms with E-state index in [4.69, 9.17) is 0 Å². The zero-order chi connectivity index (χ0) is 13.1. The van der Waals surface area contributed by atoms with Crippen molar-refractivity contribution in [1.82, 2.24) is 5.32 Å². The van der Waals surface area contributed by atoms with Crippen molar-refractivity contribution in [2.24, 2.45) is 0 Å². The van der Waals surface area contributed by atoms with Crippen LogP contribution in [-0.4, -0.2) is 29.8 Å². The second-order valence-corrected chi connectivity index (χ2v) is 4.14. The first-order valence-electron chi connectivity index (χ1n) is 5.97. The van der Waals surface area contributed by atoms with E-state index in [1.807, 2.05) is 6.92 Å². The number of allylic oxidation sites excluding steroid dienone is 1. The normalized spacial score (nSPS) is 14.8. The first-order valence-corrected chi connectivity index (χ1v) is 5.97. The van der Waals surface area contributed by atoms with Gasteiger partial charge in [0.25, 0.3) is 0 Å². The number of rotatable bonds is 4. The number of nitrogens with one attached hydrogen (secondary N) is 1. The average molecular weight is 245 g/mol. The minimum atomic E-state index is -0.426. The van der Waals surface area contributed by atoms with Crippen LogP contribution in [0.2, 0.25) is 0 Å². The van der Waals surface area contributed by atoms with Gasteiger partial charge in [-0.05, 0) is 6.42 Å². The van der Waals surface area contributed by atoms with E-state index in [2.05, 4.69) is 5.32 Å². The maximum atomic E-state index is 12.3. The highest BCUT2D eigenvalue weighted by Crippen LogP contribution is 2.24. The van der Waals surface area contributed by atoms with Gasteiger partial charge in [0.15, 0.2) is 5.78 Å². The number of aliphatic hydroxyl groups is 1. The highest BCUT2D eigenvalue weighted by molar-refractivity contribution is 6.26. The van der Waals surface area contributed by atoms with Gasteiger partial charge in [0.05, 0.1) is 17.9 Å². The van der Waals surface area contributed by atoms with E-state index in [0.717, 1.165) is 6.42 Å². The number of hydrogen-bond acceptors (Lipinski definition) is 4. The topological polar surface area (TPSA) is 66.4 Å². The Hall–Kier alpha value is -1.94. The van der Waals surface area contributed by atoms with Crippen LogP contribution in [0.5, 0.6) is 0 Å². The first-order chi connectivity index (χ1) is 8.70. The Balaban J connectivity index is 2.50. The summed E-state index contributed by atoms with van der Waals surface area (Å²) in [5, 5.41) is 12.2. The molecule has 0 spiro atoms. The standard InChI is InChI=1S/C14H15NO3/c1-2-7-15-12-11(8-16)13(17)9-5-3-4-6-10(9)14(12)18/h3-6,15-16H,2,7-8H2,1H3. The molecule has 0 fully saturated rings. The van der Waals surface area contributed by atoms with Crippen molar-refractivity contribution in [3.05, 3.63) is 46.7 Å². The maximum absolute atomic E-state index is 12.3. The number of carbonyl (C=O) groups is 2. The number of ketones is 2. The number of carbonyl (C=O) groups excluding carboxylic acids is 2. The van der Waals surface area contributed by atoms with Crippen molar-refractivity contribution in [2.75, 3.05) is 13.2 Å². The van der Waals surface area contributed by atoms with Gasteiger partial charge in [-0.2, -0.15) is 0 Å². The van der Waals surface area contributed by atoms with Crippen molar-refractivity contribution in [3.63, 3.8) is 0 Å². The molecular weight excluding hydrogens is 230 g/mol. The molecule has 0 aliphatic heterocycles. The van der Waals surface area contributed by atoms with E-state index < -0.39 is 6.61 Å². The molecule has 4 heteroatoms. The molecule has 4 nitrogen and oxygen atoms in total. The molecule has 0 atom stereocenters. The summed E-state index contributed by atoms with van der Waals surface area (Å²) in [6.45, 7) is 2.14. The molecule has 1 aromatic rings. The monoisotopic (exact) mass is 245 g/mol. The van der Waals surface area contributed by atoms with Gasteiger partial charge in [0, 0.05) is 17.7 Å². The van der Waals surface area contributed by atoms with E-state index in [1.54, 1.807) is 24.3 Å². The van der Waals surface area contributed by atoms with Gasteiger partial charge in [0.2, 0.25) is 5.78 Å². The molecule has 0 aromatic heterocycles. The Kier molecular flexibility index (Phi) is 3.58. The van der Waals surface area contributed by atoms with Crippen molar-refractivity contribution in [2.45, 2.75) is 13.3 Å². The number of fused-ring (bicyclic) bond motifs is 1. The first kappa shape index (κ1) is 12.5. The second-order valence-electron chi connectivity index (χ2n) is 4.14. The van der Waals surface area contributed by atoms with Crippen LogP contribution in [0.4, 0.5) is 0 Å². The third-order valence-corrected chi connectivity index (χ3v) is 2.93. The quantitative estimate of drug-likeness (QED) is 0.839. The fourth-order valence-corrected chi connectivity index (χ4v) is 2.01. The van der Waals surface area contributed by atoms with Gasteiger partial charge in [-0.25, -0.2) is 0 Å². The number of benzene rings is 1. The second kappa shape index (κ2) is 5.14. The van der Waals surface area contributed by atoms with Gasteiger partial charge >= 0.3 is 0 Å². The summed E-state index contributed by atoms with van der Waals surface area (Å²) in [4.78, 5) is 24.4. The molecule has 0 heterocycles. The van der Waals surface area contributed by atoms with Crippen LogP contribution < -0.4 is 5.32 Å². The molecular formula is C14H15NO3. The average Bonchev–Trinajstić information content (AvgIpc) is 2.41. The van der Waals surface area contributed by atoms with Crippen LogP contribution >= 0.6 is 0 Å². The fourth-order valence-electron chi connectivity index (χ4n) is 2.01. The minimum absolute atomic E-state index is 0.159. The van der Waals surface area contributed by atoms with Crippen LogP contribution in [0.15, 0.2) is 35.5 Å². The third kappa shape index (κ3) is 1.95. The number of Topliss-reactive ketones (excluding diaryl/α,β-unsaturated/α-hetero) is 2. The molecule has 0 bridgehead atoms. The fraction of sp³-hybridized carbons (Fsp3) is 0.286. The Bertz CT molecular complexity index is 532. The van der Waals surface area contributed by atoms with Crippen LogP contribution in [0.1, 0.15) is 34.1 Å². The minimum Gasteiger partial charge on any atom is -0.391 e. The Morgan fingerprint density at radius 3 is 2.28 bits per heavy atom. The molecule has 0 unspecified atom stereocenters. The highest BCUT2D eigenvalue weighted by Gasteiger charge is 2.31. The molecule has 1 aliphatic rings. The van der Waals surface area contributed by atoms with Gasteiger partial charge < -0.3 is 10.4 Å². The summed E-state index contributed by atoms with van der Waals surface area (Å²) in [5.74, 6) is -0.492. The molecule has 0 saturated heterocycles. The lowest BCUT2D eigenvalue weighted by Crippen LogP contribution is -2.32. The number of aliphatic hydroxyl groups excluding tert-OH is 1. The smallest absolute Gasteiger partial charge is 0.210 e. The third-order valence-electron chi connectivity index (χ3n) is 2.93. The SMILES string of the molecule is CCCNC1=C(CO)C(=O)c2ccccc2C1=O. The molecule has 94 valence electrons. The zero-order valence-electron chi connectivity index (χ0n) is 10.2. The van der Waals surface area contributed by atoms with Gasteiger partial charge in [0.1, 0.15) is 0 Å². The summed E-state index contributed by atoms with van der Waals surface area (Å²) in [7, 11) is 0. The van der Waals surface area contributed by atoms with Crippen LogP contribution in [0, 0.1) is 0 Å². The molecule has 18 heavy (non-hydrogen) atoms. The summed E-state index contributed by atoms with van der Waals surface area (Å²) >= 11 is 0. The van der Waals surface area contributed by atoms with E-state index in [0.29, 0.717) is 17.7 Å². The molecule has 0 saturated carbocycles. The van der Waals surface area contributed by atoms with E-state index in [1.165, 1.54) is 0 Å². The molecule has 0 radical (unpaired) electrons. The van der Waals surface area contributed by atoms with Crippen molar-refractivity contribution in [1.29, 1.82) is 0 Å². The number of hydrogen-bond donors (Lipinski definition) is 2. The highest BCUT2D eigenvalue weighted by atomic mass is 16.3. The lowest BCUT2D eigenvalue weighted by Gasteiger charge is -2.20. The predicted octanol–water partition coefficient (Wildman–Crippen LogP) is 1.31. The molecule has 2 rings (SSSR count). The van der Waals surface area contributed by atoms with E-state index in [9.17, 15) is 14.7 Å².